The van der Waals surface area contributed by atoms with Crippen molar-refractivity contribution in [3.8, 4) is 0 Å². The van der Waals surface area contributed by atoms with E-state index >= 15 is 0 Å². The number of nitrogens with one attached hydrogen (secondary N) is 1. The Morgan fingerprint density at radius 3 is 2.73 bits per heavy atom. The molecule has 1 aliphatic heterocycles. The van der Waals surface area contributed by atoms with Crippen LogP contribution >= 0.6 is 11.8 Å². The molecule has 5 heteroatoms. The minimum absolute atomic E-state index is 0.00484. The number of aryl methyl sites for hydroxylation is 1. The van der Waals surface area contributed by atoms with Gasteiger partial charge in [-0.05, 0) is 49.6 Å². The van der Waals surface area contributed by atoms with E-state index in [1.807, 2.05) is 37.1 Å². The Bertz CT molecular complexity index is 582. The Labute approximate surface area is 136 Å². The summed E-state index contributed by atoms with van der Waals surface area (Å²) in [5.74, 6) is 0.101. The maximum atomic E-state index is 12.8. The van der Waals surface area contributed by atoms with Crippen molar-refractivity contribution in [3.05, 3.63) is 23.3 Å². The number of carbonyl (C=O) groups excluding carboxylic acids is 2. The van der Waals surface area contributed by atoms with Crippen LogP contribution in [0.4, 0.5) is 11.4 Å². The minimum Gasteiger partial charge on any atom is -0.326 e. The highest BCUT2D eigenvalue weighted by atomic mass is 32.2. The van der Waals surface area contributed by atoms with Crippen LogP contribution in [-0.4, -0.2) is 29.9 Å². The Morgan fingerprint density at radius 1 is 1.41 bits per heavy atom. The summed E-state index contributed by atoms with van der Waals surface area (Å²) in [6.07, 6.45) is 4.64. The van der Waals surface area contributed by atoms with Crippen molar-refractivity contribution in [2.45, 2.75) is 45.3 Å². The van der Waals surface area contributed by atoms with E-state index in [-0.39, 0.29) is 17.1 Å². The van der Waals surface area contributed by atoms with Crippen molar-refractivity contribution in [2.75, 3.05) is 23.0 Å². The smallest absolute Gasteiger partial charge is 0.240 e. The largest absolute Gasteiger partial charge is 0.326 e. The zero-order chi connectivity index (χ0) is 16.3. The summed E-state index contributed by atoms with van der Waals surface area (Å²) in [5, 5.41) is 2.89. The van der Waals surface area contributed by atoms with Crippen LogP contribution in [0.25, 0.3) is 0 Å². The molecule has 0 fully saturated rings. The van der Waals surface area contributed by atoms with E-state index in [2.05, 4.69) is 5.32 Å². The maximum absolute atomic E-state index is 12.8. The van der Waals surface area contributed by atoms with Gasteiger partial charge >= 0.3 is 0 Å². The number of fused-ring (bicyclic) bond motifs is 1. The second-order valence-corrected chi connectivity index (χ2v) is 6.70. The van der Waals surface area contributed by atoms with E-state index in [1.54, 1.807) is 11.8 Å². The lowest BCUT2D eigenvalue weighted by molar-refractivity contribution is -0.118. The van der Waals surface area contributed by atoms with Crippen molar-refractivity contribution in [1.29, 1.82) is 0 Å². The van der Waals surface area contributed by atoms with Gasteiger partial charge in [0.25, 0.3) is 0 Å². The first-order valence-corrected chi connectivity index (χ1v) is 9.02. The molecule has 0 saturated carbocycles. The molecular formula is C17H24N2O2S. The van der Waals surface area contributed by atoms with Gasteiger partial charge in [-0.2, -0.15) is 11.8 Å². The summed E-state index contributed by atoms with van der Waals surface area (Å²) in [7, 11) is 0. The summed E-state index contributed by atoms with van der Waals surface area (Å²) in [5.41, 5.74) is 4.01. The van der Waals surface area contributed by atoms with Crippen LogP contribution in [0, 0.1) is 6.92 Å². The summed E-state index contributed by atoms with van der Waals surface area (Å²) < 4.78 is 0. The van der Waals surface area contributed by atoms with Gasteiger partial charge in [-0.1, -0.05) is 13.0 Å². The van der Waals surface area contributed by atoms with Crippen molar-refractivity contribution in [3.63, 3.8) is 0 Å². The molecule has 1 heterocycles. The summed E-state index contributed by atoms with van der Waals surface area (Å²) in [6, 6.07) is 3.92. The molecule has 0 saturated heterocycles. The van der Waals surface area contributed by atoms with Crippen molar-refractivity contribution < 1.29 is 9.59 Å². The number of rotatable bonds is 4. The van der Waals surface area contributed by atoms with E-state index < -0.39 is 0 Å². The van der Waals surface area contributed by atoms with Gasteiger partial charge in [0.2, 0.25) is 11.8 Å². The predicted molar refractivity (Wildman–Crippen MR) is 93.8 cm³/mol. The van der Waals surface area contributed by atoms with E-state index in [4.69, 9.17) is 0 Å². The van der Waals surface area contributed by atoms with Gasteiger partial charge in [0, 0.05) is 19.2 Å². The molecule has 0 aromatic heterocycles. The third-order valence-electron chi connectivity index (χ3n) is 4.07. The zero-order valence-electron chi connectivity index (χ0n) is 13.7. The molecule has 1 N–H and O–H groups in total. The van der Waals surface area contributed by atoms with E-state index in [1.165, 1.54) is 6.92 Å². The first-order chi connectivity index (χ1) is 10.5. The highest BCUT2D eigenvalue weighted by Gasteiger charge is 2.29. The number of hydrogen-bond donors (Lipinski definition) is 1. The van der Waals surface area contributed by atoms with Crippen LogP contribution in [-0.2, 0) is 16.0 Å². The van der Waals surface area contributed by atoms with E-state index in [9.17, 15) is 9.59 Å². The molecule has 120 valence electrons. The predicted octanol–water partition coefficient (Wildman–Crippen LogP) is 3.37. The standard InChI is InChI=1S/C17H24N2O2S/c1-5-15(22-4)17(21)19-10-6-7-13-14(18-12(3)20)9-8-11(2)16(13)19/h8-9,15H,5-7,10H2,1-4H3,(H,18,20)/t15-/m1/s1. The molecule has 1 aromatic carbocycles. The molecule has 0 unspecified atom stereocenters. The number of nitrogens with zero attached hydrogens (tertiary/aromatic N) is 1. The second-order valence-electron chi connectivity index (χ2n) is 5.66. The van der Waals surface area contributed by atoms with Gasteiger partial charge < -0.3 is 10.2 Å². The highest BCUT2D eigenvalue weighted by molar-refractivity contribution is 7.99. The van der Waals surface area contributed by atoms with Crippen molar-refractivity contribution >= 4 is 35.0 Å². The Morgan fingerprint density at radius 2 is 2.14 bits per heavy atom. The van der Waals surface area contributed by atoms with Gasteiger partial charge in [0.15, 0.2) is 0 Å². The molecule has 4 nitrogen and oxygen atoms in total. The first-order valence-electron chi connectivity index (χ1n) is 7.73. The average Bonchev–Trinajstić information content (AvgIpc) is 2.50. The molecule has 1 atom stereocenters. The van der Waals surface area contributed by atoms with Crippen molar-refractivity contribution in [2.24, 2.45) is 0 Å². The van der Waals surface area contributed by atoms with Gasteiger partial charge in [-0.3, -0.25) is 9.59 Å². The summed E-state index contributed by atoms with van der Waals surface area (Å²) in [4.78, 5) is 26.2. The van der Waals surface area contributed by atoms with Crippen LogP contribution in [0.5, 0.6) is 0 Å². The fourth-order valence-electron chi connectivity index (χ4n) is 3.05. The topological polar surface area (TPSA) is 49.4 Å². The Hall–Kier alpha value is -1.49. The third-order valence-corrected chi connectivity index (χ3v) is 5.17. The molecule has 1 aromatic rings. The molecule has 0 radical (unpaired) electrons. The molecule has 0 spiro atoms. The fourth-order valence-corrected chi connectivity index (χ4v) is 3.71. The maximum Gasteiger partial charge on any atom is 0.240 e. The zero-order valence-corrected chi connectivity index (χ0v) is 14.5. The number of carbonyl (C=O) groups is 2. The molecule has 0 bridgehead atoms. The van der Waals surface area contributed by atoms with Gasteiger partial charge in [0.1, 0.15) is 0 Å². The van der Waals surface area contributed by atoms with E-state index in [0.29, 0.717) is 0 Å². The lowest BCUT2D eigenvalue weighted by atomic mass is 9.95. The van der Waals surface area contributed by atoms with E-state index in [0.717, 1.165) is 48.3 Å². The molecule has 22 heavy (non-hydrogen) atoms. The van der Waals surface area contributed by atoms with Gasteiger partial charge in [-0.15, -0.1) is 0 Å². The molecule has 2 amide bonds. The third kappa shape index (κ3) is 3.29. The molecular weight excluding hydrogens is 296 g/mol. The van der Waals surface area contributed by atoms with Crippen LogP contribution in [0.3, 0.4) is 0 Å². The molecule has 0 aliphatic carbocycles. The number of benzene rings is 1. The Balaban J connectivity index is 2.45. The number of hydrogen-bond acceptors (Lipinski definition) is 3. The highest BCUT2D eigenvalue weighted by Crippen LogP contribution is 2.37. The van der Waals surface area contributed by atoms with Crippen LogP contribution in [0.1, 0.15) is 37.8 Å². The average molecular weight is 320 g/mol. The first kappa shape index (κ1) is 16.9. The van der Waals surface area contributed by atoms with Crippen molar-refractivity contribution in [1.82, 2.24) is 0 Å². The lowest BCUT2D eigenvalue weighted by Crippen LogP contribution is -2.41. The second kappa shape index (κ2) is 7.18. The van der Waals surface area contributed by atoms with Gasteiger partial charge in [-0.25, -0.2) is 0 Å². The quantitative estimate of drug-likeness (QED) is 0.925. The lowest BCUT2D eigenvalue weighted by Gasteiger charge is -2.34. The normalized spacial score (nSPS) is 15.2. The monoisotopic (exact) mass is 320 g/mol. The van der Waals surface area contributed by atoms with Crippen LogP contribution in [0.15, 0.2) is 12.1 Å². The molecule has 2 rings (SSSR count). The number of anilines is 2. The number of amides is 2. The van der Waals surface area contributed by atoms with Gasteiger partial charge in [0.05, 0.1) is 10.9 Å². The summed E-state index contributed by atoms with van der Waals surface area (Å²) in [6.45, 7) is 6.35. The van der Waals surface area contributed by atoms with Crippen LogP contribution < -0.4 is 10.2 Å². The minimum atomic E-state index is -0.0787. The fraction of sp³-hybridized carbons (Fsp3) is 0.529. The SMILES string of the molecule is CC[C@@H](SC)C(=O)N1CCCc2c(NC(C)=O)ccc(C)c21. The molecule has 1 aliphatic rings. The number of thioether (sulfide) groups is 1. The van der Waals surface area contributed by atoms with Crippen LogP contribution in [0.2, 0.25) is 0 Å². The summed E-state index contributed by atoms with van der Waals surface area (Å²) >= 11 is 1.61. The Kier molecular flexibility index (Phi) is 5.51.